The van der Waals surface area contributed by atoms with Crippen molar-refractivity contribution in [2.45, 2.75) is 4.99 Å². The summed E-state index contributed by atoms with van der Waals surface area (Å²) in [6, 6.07) is 33.3. The van der Waals surface area contributed by atoms with Gasteiger partial charge < -0.3 is 0 Å². The van der Waals surface area contributed by atoms with Crippen LogP contribution in [0.1, 0.15) is 0 Å². The molecule has 0 aromatic heterocycles. The molecule has 1 heterocycles. The summed E-state index contributed by atoms with van der Waals surface area (Å²) in [6.07, 6.45) is 6.74. The van der Waals surface area contributed by atoms with Crippen LogP contribution in [0.5, 0.6) is 0 Å². The van der Waals surface area contributed by atoms with Gasteiger partial charge in [-0.3, -0.25) is 0 Å². The molecule has 4 rings (SSSR count). The summed E-state index contributed by atoms with van der Waals surface area (Å²) in [5.41, 5.74) is 0. The first-order chi connectivity index (χ1) is 12.4. The first kappa shape index (κ1) is 16.4. The molecule has 0 saturated heterocycles. The van der Waals surface area contributed by atoms with Crippen molar-refractivity contribution in [1.29, 1.82) is 0 Å². The third-order valence-corrected chi connectivity index (χ3v) is 11.8. The Balaban J connectivity index is 2.05. The van der Waals surface area contributed by atoms with Crippen molar-refractivity contribution >= 4 is 34.9 Å². The van der Waals surface area contributed by atoms with Crippen LogP contribution in [0, 0.1) is 0 Å². The molecule has 124 valence electrons. The first-order valence-electron chi connectivity index (χ1n) is 8.58. The quantitative estimate of drug-likeness (QED) is 0.599. The van der Waals surface area contributed by atoms with Gasteiger partial charge in [-0.05, 0) is 0 Å². The fraction of sp³-hybridized carbons (Fsp3) is 0.0435. The van der Waals surface area contributed by atoms with Gasteiger partial charge in [0.2, 0.25) is 0 Å². The van der Waals surface area contributed by atoms with Crippen LogP contribution in [0.15, 0.2) is 115 Å². The molecule has 1 aliphatic heterocycles. The molecule has 1 atom stereocenters. The molecule has 25 heavy (non-hydrogen) atoms. The van der Waals surface area contributed by atoms with E-state index >= 15 is 0 Å². The number of hydrogen-bond donors (Lipinski definition) is 0. The Hall–Kier alpha value is -2.08. The Morgan fingerprint density at radius 3 is 1.36 bits per heavy atom. The van der Waals surface area contributed by atoms with E-state index in [2.05, 4.69) is 115 Å². The number of thioether (sulfide) groups is 1. The topological polar surface area (TPSA) is 0 Å². The molecule has 1 unspecified atom stereocenters. The molecular formula is C23H21PS. The standard InChI is InChI=1S/C23H21PS/c1-4-12-20(13-5-1)24(21-14-6-2-7-15-21,22-16-8-3-9-17-22)23-18-10-11-19-25-23/h1-19,23-24H. The van der Waals surface area contributed by atoms with Crippen LogP contribution in [0.2, 0.25) is 0 Å². The summed E-state index contributed by atoms with van der Waals surface area (Å²) in [6.45, 7) is 0. The first-order valence-corrected chi connectivity index (χ1v) is 11.6. The van der Waals surface area contributed by atoms with E-state index < -0.39 is 7.26 Å². The van der Waals surface area contributed by atoms with Gasteiger partial charge in [0.15, 0.2) is 0 Å². The molecule has 0 saturated carbocycles. The van der Waals surface area contributed by atoms with Gasteiger partial charge in [-0.25, -0.2) is 0 Å². The Labute approximate surface area is 154 Å². The zero-order valence-corrected chi connectivity index (χ0v) is 15.8. The van der Waals surface area contributed by atoms with Crippen LogP contribution >= 0.6 is 19.0 Å². The second-order valence-corrected chi connectivity index (χ2v) is 11.6. The number of hydrogen-bond acceptors (Lipinski definition) is 1. The predicted molar refractivity (Wildman–Crippen MR) is 116 cm³/mol. The number of benzene rings is 3. The van der Waals surface area contributed by atoms with Gasteiger partial charge in [0.1, 0.15) is 0 Å². The summed E-state index contributed by atoms with van der Waals surface area (Å²) >= 11 is 1.95. The maximum absolute atomic E-state index is 2.39. The Morgan fingerprint density at radius 1 is 0.560 bits per heavy atom. The second kappa shape index (κ2) is 7.44. The van der Waals surface area contributed by atoms with Crippen molar-refractivity contribution < 1.29 is 0 Å². The van der Waals surface area contributed by atoms with Gasteiger partial charge in [-0.1, -0.05) is 0 Å². The van der Waals surface area contributed by atoms with E-state index in [9.17, 15) is 0 Å². The van der Waals surface area contributed by atoms with Crippen molar-refractivity contribution in [3.63, 3.8) is 0 Å². The molecule has 0 aliphatic carbocycles. The molecule has 0 spiro atoms. The molecule has 0 radical (unpaired) electrons. The second-order valence-electron chi connectivity index (χ2n) is 6.18. The van der Waals surface area contributed by atoms with Gasteiger partial charge in [-0.2, -0.15) is 0 Å². The maximum atomic E-state index is 2.39. The molecule has 3 aromatic carbocycles. The van der Waals surface area contributed by atoms with Crippen LogP contribution in [0.3, 0.4) is 0 Å². The monoisotopic (exact) mass is 360 g/mol. The van der Waals surface area contributed by atoms with Crippen LogP contribution in [-0.4, -0.2) is 4.99 Å². The van der Waals surface area contributed by atoms with Gasteiger partial charge in [0.05, 0.1) is 0 Å². The molecule has 0 bridgehead atoms. The van der Waals surface area contributed by atoms with Crippen LogP contribution in [0.4, 0.5) is 0 Å². The molecular weight excluding hydrogens is 339 g/mol. The van der Waals surface area contributed by atoms with E-state index in [0.29, 0.717) is 4.99 Å². The Bertz CT molecular complexity index is 773. The Morgan fingerprint density at radius 2 is 1.00 bits per heavy atom. The van der Waals surface area contributed by atoms with E-state index in [-0.39, 0.29) is 0 Å². The third-order valence-electron chi connectivity index (χ3n) is 4.81. The van der Waals surface area contributed by atoms with Gasteiger partial charge in [0.25, 0.3) is 0 Å². The van der Waals surface area contributed by atoms with Crippen molar-refractivity contribution in [2.75, 3.05) is 0 Å². The Kier molecular flexibility index (Phi) is 4.88. The van der Waals surface area contributed by atoms with Crippen molar-refractivity contribution in [1.82, 2.24) is 0 Å². The van der Waals surface area contributed by atoms with Crippen molar-refractivity contribution in [2.24, 2.45) is 0 Å². The minimum absolute atomic E-state index is 0.435. The van der Waals surface area contributed by atoms with Gasteiger partial charge >= 0.3 is 155 Å². The van der Waals surface area contributed by atoms with E-state index in [4.69, 9.17) is 0 Å². The van der Waals surface area contributed by atoms with E-state index in [1.165, 1.54) is 15.9 Å². The summed E-state index contributed by atoms with van der Waals surface area (Å²) < 4.78 is 0. The van der Waals surface area contributed by atoms with E-state index in [1.54, 1.807) is 0 Å². The number of rotatable bonds is 4. The summed E-state index contributed by atoms with van der Waals surface area (Å²) in [7, 11) is -2.20. The molecule has 2 heteroatoms. The van der Waals surface area contributed by atoms with Gasteiger partial charge in [-0.15, -0.1) is 0 Å². The third kappa shape index (κ3) is 2.99. The summed E-state index contributed by atoms with van der Waals surface area (Å²) in [4.78, 5) is 0.435. The van der Waals surface area contributed by atoms with Crippen LogP contribution < -0.4 is 15.9 Å². The average molecular weight is 360 g/mol. The molecule has 1 aliphatic rings. The summed E-state index contributed by atoms with van der Waals surface area (Å²) in [5.74, 6) is 0. The van der Waals surface area contributed by atoms with Crippen LogP contribution in [-0.2, 0) is 0 Å². The van der Waals surface area contributed by atoms with E-state index in [1.807, 2.05) is 11.8 Å². The molecule has 0 nitrogen and oxygen atoms in total. The van der Waals surface area contributed by atoms with Crippen LogP contribution in [0.25, 0.3) is 0 Å². The molecule has 0 amide bonds. The number of allylic oxidation sites excluding steroid dienone is 2. The fourth-order valence-corrected chi connectivity index (χ4v) is 11.1. The normalized spacial score (nSPS) is 17.4. The molecule has 0 N–H and O–H groups in total. The molecule has 0 fully saturated rings. The zero-order chi connectivity index (χ0) is 17.0. The molecule has 3 aromatic rings. The van der Waals surface area contributed by atoms with Crippen molar-refractivity contribution in [3.8, 4) is 0 Å². The zero-order valence-electron chi connectivity index (χ0n) is 14.0. The van der Waals surface area contributed by atoms with Crippen molar-refractivity contribution in [3.05, 3.63) is 115 Å². The minimum atomic E-state index is -2.20. The summed E-state index contributed by atoms with van der Waals surface area (Å²) in [5, 5.41) is 6.63. The predicted octanol–water partition coefficient (Wildman–Crippen LogP) is 4.86. The average Bonchev–Trinajstić information content (AvgIpc) is 2.72. The fourth-order valence-electron chi connectivity index (χ4n) is 3.73. The van der Waals surface area contributed by atoms with E-state index in [0.717, 1.165) is 0 Å². The van der Waals surface area contributed by atoms with Gasteiger partial charge in [0, 0.05) is 0 Å². The SMILES string of the molecule is C1=CSC([PH](c2ccccc2)(c2ccccc2)c2ccccc2)C=C1.